The molecular weight excluding hydrogens is 440 g/mol. The van der Waals surface area contributed by atoms with Crippen molar-refractivity contribution >= 4 is 46.3 Å². The summed E-state index contributed by atoms with van der Waals surface area (Å²) in [7, 11) is 0. The number of aryl methyl sites for hydroxylation is 2. The van der Waals surface area contributed by atoms with Crippen molar-refractivity contribution in [2.24, 2.45) is 4.40 Å². The largest absolute Gasteiger partial charge is 0.591 e. The van der Waals surface area contributed by atoms with E-state index < -0.39 is 16.1 Å². The number of rotatable bonds is 5. The molecule has 2 aromatic heterocycles. The van der Waals surface area contributed by atoms with Crippen LogP contribution in [0.4, 0.5) is 0 Å². The van der Waals surface area contributed by atoms with Gasteiger partial charge in [-0.1, -0.05) is 21.2 Å². The third-order valence-corrected chi connectivity index (χ3v) is 7.45. The lowest BCUT2D eigenvalue weighted by atomic mass is 9.96. The quantitative estimate of drug-likeness (QED) is 0.261. The Bertz CT molecular complexity index is 1110. The number of nitrogens with zero attached hydrogens (tertiary/aromatic N) is 2. The first-order chi connectivity index (χ1) is 14.0. The Balaban J connectivity index is 2.11. The van der Waals surface area contributed by atoms with E-state index >= 15 is 0 Å². The van der Waals surface area contributed by atoms with Crippen LogP contribution in [-0.4, -0.2) is 26.5 Å². The maximum Gasteiger partial charge on any atom is 0.194 e. The number of aromatic nitrogens is 1. The molecule has 0 aliphatic rings. The van der Waals surface area contributed by atoms with Crippen molar-refractivity contribution < 1.29 is 13.9 Å². The van der Waals surface area contributed by atoms with Crippen LogP contribution in [0.1, 0.15) is 58.6 Å². The zero-order chi connectivity index (χ0) is 22.2. The molecule has 0 radical (unpaired) electrons. The van der Waals surface area contributed by atoms with Crippen LogP contribution in [0, 0.1) is 20.8 Å². The van der Waals surface area contributed by atoms with E-state index in [2.05, 4.69) is 9.55 Å². The maximum atomic E-state index is 13.4. The minimum absolute atomic E-state index is 0.0923. The Kier molecular flexibility index (Phi) is 6.57. The number of carbonyl (C=O) groups is 1. The highest BCUT2D eigenvalue weighted by Crippen LogP contribution is 2.40. The van der Waals surface area contributed by atoms with Crippen LogP contribution in [0.5, 0.6) is 0 Å². The van der Waals surface area contributed by atoms with Gasteiger partial charge in [-0.05, 0) is 71.4 Å². The van der Waals surface area contributed by atoms with Crippen LogP contribution in [0.3, 0.4) is 0 Å². The first-order valence-corrected chi connectivity index (χ1v) is 11.6. The first-order valence-electron chi connectivity index (χ1n) is 9.33. The predicted octanol–water partition coefficient (Wildman–Crippen LogP) is 6.09. The second kappa shape index (κ2) is 8.67. The molecule has 5 nitrogen and oxygen atoms in total. The van der Waals surface area contributed by atoms with Crippen LogP contribution in [-0.2, 0) is 11.4 Å². The lowest BCUT2D eigenvalue weighted by Gasteiger charge is -2.17. The molecule has 0 spiro atoms. The molecule has 0 aliphatic carbocycles. The second-order valence-corrected chi connectivity index (χ2v) is 11.5. The normalized spacial score (nSPS) is 13.2. The topological polar surface area (TPSA) is 78.5 Å². The van der Waals surface area contributed by atoms with E-state index in [1.54, 1.807) is 24.3 Å². The average molecular weight is 463 g/mol. The number of ketones is 1. The Morgan fingerprint density at radius 3 is 2.47 bits per heavy atom. The fourth-order valence-electron chi connectivity index (χ4n) is 2.83. The first kappa shape index (κ1) is 22.7. The van der Waals surface area contributed by atoms with Gasteiger partial charge in [-0.15, -0.1) is 11.3 Å². The fourth-order valence-corrected chi connectivity index (χ4v) is 4.72. The van der Waals surface area contributed by atoms with Crippen LogP contribution >= 0.6 is 22.9 Å². The van der Waals surface area contributed by atoms with Crippen molar-refractivity contribution in [3.05, 3.63) is 62.3 Å². The Morgan fingerprint density at radius 1 is 1.23 bits per heavy atom. The highest BCUT2D eigenvalue weighted by molar-refractivity contribution is 7.91. The molecular formula is C22H23ClN2O3S2. The van der Waals surface area contributed by atoms with Gasteiger partial charge in [0.1, 0.15) is 22.3 Å². The summed E-state index contributed by atoms with van der Waals surface area (Å²) < 4.78 is 21.5. The molecule has 30 heavy (non-hydrogen) atoms. The third kappa shape index (κ3) is 4.54. The minimum atomic E-state index is -1.43. The lowest BCUT2D eigenvalue weighted by Crippen LogP contribution is -2.25. The summed E-state index contributed by atoms with van der Waals surface area (Å²) in [5.74, 6) is 0.293. The van der Waals surface area contributed by atoms with E-state index in [0.29, 0.717) is 33.2 Å². The summed E-state index contributed by atoms with van der Waals surface area (Å²) in [4.78, 5) is 15.2. The molecule has 0 saturated heterocycles. The van der Waals surface area contributed by atoms with E-state index in [1.165, 1.54) is 17.6 Å². The Labute approximate surface area is 188 Å². The van der Waals surface area contributed by atoms with E-state index in [-0.39, 0.29) is 5.78 Å². The maximum absolute atomic E-state index is 13.4. The van der Waals surface area contributed by atoms with Crippen molar-refractivity contribution in [3.63, 3.8) is 0 Å². The van der Waals surface area contributed by atoms with Crippen molar-refractivity contribution in [2.45, 2.75) is 46.3 Å². The van der Waals surface area contributed by atoms with Gasteiger partial charge in [-0.3, -0.25) is 4.79 Å². The van der Waals surface area contributed by atoms with Crippen molar-refractivity contribution in [1.82, 2.24) is 5.16 Å². The summed E-state index contributed by atoms with van der Waals surface area (Å²) in [5, 5.41) is 4.64. The summed E-state index contributed by atoms with van der Waals surface area (Å²) >= 11 is 6.05. The predicted molar refractivity (Wildman–Crippen MR) is 124 cm³/mol. The SMILES string of the molecule is Cc1noc(/C=N/[S+]([O-])C(C)(C)C)c1-c1sc(C)c(C)c1C(=O)c1ccc(Cl)cc1. The molecule has 0 fully saturated rings. The van der Waals surface area contributed by atoms with Gasteiger partial charge in [0.25, 0.3) is 0 Å². The van der Waals surface area contributed by atoms with Crippen molar-refractivity contribution in [3.8, 4) is 10.4 Å². The number of hydrogen-bond acceptors (Lipinski definition) is 6. The second-order valence-electron chi connectivity index (χ2n) is 7.93. The number of thiophene rings is 1. The number of halogens is 1. The smallest absolute Gasteiger partial charge is 0.194 e. The van der Waals surface area contributed by atoms with Gasteiger partial charge in [-0.2, -0.15) is 0 Å². The van der Waals surface area contributed by atoms with Crippen LogP contribution in [0.15, 0.2) is 33.2 Å². The molecule has 0 N–H and O–H groups in total. The van der Waals surface area contributed by atoms with Crippen LogP contribution < -0.4 is 0 Å². The van der Waals surface area contributed by atoms with Gasteiger partial charge < -0.3 is 9.08 Å². The zero-order valence-electron chi connectivity index (χ0n) is 17.7. The van der Waals surface area contributed by atoms with Crippen molar-refractivity contribution in [1.29, 1.82) is 0 Å². The molecule has 8 heteroatoms. The molecule has 1 atom stereocenters. The molecule has 2 heterocycles. The monoisotopic (exact) mass is 462 g/mol. The number of benzene rings is 1. The molecule has 0 aliphatic heterocycles. The Morgan fingerprint density at radius 2 is 1.87 bits per heavy atom. The van der Waals surface area contributed by atoms with E-state index in [4.69, 9.17) is 16.1 Å². The molecule has 158 valence electrons. The third-order valence-electron chi connectivity index (χ3n) is 4.62. The van der Waals surface area contributed by atoms with Crippen molar-refractivity contribution in [2.75, 3.05) is 0 Å². The summed E-state index contributed by atoms with van der Waals surface area (Å²) in [6.45, 7) is 11.3. The lowest BCUT2D eigenvalue weighted by molar-refractivity contribution is 0.103. The van der Waals surface area contributed by atoms with Gasteiger partial charge in [-0.25, -0.2) is 0 Å². The van der Waals surface area contributed by atoms with Gasteiger partial charge in [0.05, 0.1) is 16.1 Å². The van der Waals surface area contributed by atoms with E-state index in [9.17, 15) is 9.35 Å². The minimum Gasteiger partial charge on any atom is -0.591 e. The molecule has 1 aromatic carbocycles. The fraction of sp³-hybridized carbons (Fsp3) is 0.318. The van der Waals surface area contributed by atoms with Gasteiger partial charge in [0, 0.05) is 21.0 Å². The Hall–Kier alpha value is -1.93. The molecule has 3 aromatic rings. The van der Waals surface area contributed by atoms with E-state index in [0.717, 1.165) is 15.3 Å². The van der Waals surface area contributed by atoms with Gasteiger partial charge >= 0.3 is 0 Å². The zero-order valence-corrected chi connectivity index (χ0v) is 20.1. The highest BCUT2D eigenvalue weighted by atomic mass is 35.5. The molecule has 0 saturated carbocycles. The summed E-state index contributed by atoms with van der Waals surface area (Å²) in [6.07, 6.45) is 1.44. The number of hydrogen-bond donors (Lipinski definition) is 0. The highest BCUT2D eigenvalue weighted by Gasteiger charge is 2.29. The van der Waals surface area contributed by atoms with Crippen LogP contribution in [0.2, 0.25) is 5.02 Å². The van der Waals surface area contributed by atoms with Gasteiger partial charge in [0.2, 0.25) is 0 Å². The average Bonchev–Trinajstić information content (AvgIpc) is 3.18. The molecule has 3 rings (SSSR count). The van der Waals surface area contributed by atoms with Crippen LogP contribution in [0.25, 0.3) is 10.4 Å². The standard InChI is InChI=1S/C22H23ClN2O3S2/c1-12-14(3)29-21(18(12)20(26)15-7-9-16(23)10-8-15)19-13(2)25-28-17(19)11-24-30(27)22(4,5)6/h7-11H,1-6H3/b24-11+. The number of carbonyl (C=O) groups excluding carboxylic acids is 1. The van der Waals surface area contributed by atoms with E-state index in [1.807, 2.05) is 41.5 Å². The molecule has 0 bridgehead atoms. The molecule has 0 amide bonds. The molecule has 1 unspecified atom stereocenters. The summed E-state index contributed by atoms with van der Waals surface area (Å²) in [6, 6.07) is 6.84. The van der Waals surface area contributed by atoms with Gasteiger partial charge in [0.15, 0.2) is 11.5 Å². The summed E-state index contributed by atoms with van der Waals surface area (Å²) in [5.41, 5.74) is 3.42.